The lowest BCUT2D eigenvalue weighted by Crippen LogP contribution is -2.34. The van der Waals surface area contributed by atoms with Crippen molar-refractivity contribution in [3.63, 3.8) is 0 Å². The number of carboxylic acids is 1. The van der Waals surface area contributed by atoms with Crippen LogP contribution in [0.3, 0.4) is 0 Å². The standard InChI is InChI=1S/C32H35N7O3/c1-22-17-24(36-14-11-31(2,19-36)23-7-4-3-5-8-23)18-39-28(22)34-27(35-39)29(40)38-16-13-32(21-38)12-15-37(20-32)26-10-6-9-25(33-26)30(41)42/h3-10,17-18H,11-16,19-21H2,1-2H3,(H,41,42)/t31-,32+/m0/s1. The van der Waals surface area contributed by atoms with Crippen LogP contribution >= 0.6 is 0 Å². The summed E-state index contributed by atoms with van der Waals surface area (Å²) in [4.78, 5) is 40.4. The maximum atomic E-state index is 13.6. The third-order valence-corrected chi connectivity index (χ3v) is 9.54. The minimum absolute atomic E-state index is 0.0417. The van der Waals surface area contributed by atoms with Crippen LogP contribution in [-0.4, -0.2) is 80.7 Å². The van der Waals surface area contributed by atoms with E-state index in [9.17, 15) is 14.7 Å². The molecule has 0 unspecified atom stereocenters. The van der Waals surface area contributed by atoms with E-state index in [1.54, 1.807) is 10.6 Å². The minimum Gasteiger partial charge on any atom is -0.477 e. The van der Waals surface area contributed by atoms with Gasteiger partial charge in [0.15, 0.2) is 11.3 Å². The molecule has 0 bridgehead atoms. The Balaban J connectivity index is 1.06. The Labute approximate surface area is 244 Å². The van der Waals surface area contributed by atoms with Crippen molar-refractivity contribution in [2.45, 2.75) is 38.5 Å². The molecule has 0 aliphatic carbocycles. The van der Waals surface area contributed by atoms with E-state index in [-0.39, 0.29) is 28.3 Å². The molecule has 42 heavy (non-hydrogen) atoms. The van der Waals surface area contributed by atoms with E-state index in [0.717, 1.165) is 56.7 Å². The molecule has 7 rings (SSSR count). The molecule has 6 heterocycles. The first kappa shape index (κ1) is 26.4. The SMILES string of the molecule is Cc1cc(N2CC[C@](C)(c3ccccc3)C2)cn2nc(C(=O)N3CC[C@@]4(CCN(c5cccc(C(=O)O)n5)C4)C3)nc12. The lowest BCUT2D eigenvalue weighted by molar-refractivity contribution is 0.0689. The maximum absolute atomic E-state index is 13.6. The van der Waals surface area contributed by atoms with Crippen LogP contribution in [0, 0.1) is 12.3 Å². The van der Waals surface area contributed by atoms with Crippen LogP contribution in [-0.2, 0) is 5.41 Å². The third-order valence-electron chi connectivity index (χ3n) is 9.54. The number of amides is 1. The fourth-order valence-electron chi connectivity index (χ4n) is 7.08. The van der Waals surface area contributed by atoms with Gasteiger partial charge in [-0.05, 0) is 55.5 Å². The highest BCUT2D eigenvalue weighted by molar-refractivity contribution is 5.91. The van der Waals surface area contributed by atoms with Crippen LogP contribution < -0.4 is 9.80 Å². The van der Waals surface area contributed by atoms with E-state index in [2.05, 4.69) is 68.2 Å². The van der Waals surface area contributed by atoms with Crippen molar-refractivity contribution in [2.24, 2.45) is 5.41 Å². The number of aryl methyl sites for hydroxylation is 1. The second-order valence-electron chi connectivity index (χ2n) is 12.5. The summed E-state index contributed by atoms with van der Waals surface area (Å²) < 4.78 is 1.76. The van der Waals surface area contributed by atoms with Gasteiger partial charge in [0.1, 0.15) is 5.82 Å². The molecule has 3 fully saturated rings. The molecule has 10 heteroatoms. The summed E-state index contributed by atoms with van der Waals surface area (Å²) >= 11 is 0. The quantitative estimate of drug-likeness (QED) is 0.387. The van der Waals surface area contributed by atoms with Gasteiger partial charge in [-0.3, -0.25) is 4.79 Å². The number of aromatic carboxylic acids is 1. The van der Waals surface area contributed by atoms with Crippen molar-refractivity contribution in [1.82, 2.24) is 24.5 Å². The van der Waals surface area contributed by atoms with E-state index in [0.29, 0.717) is 24.6 Å². The highest BCUT2D eigenvalue weighted by Crippen LogP contribution is 2.41. The lowest BCUT2D eigenvalue weighted by atomic mass is 9.82. The molecule has 3 saturated heterocycles. The molecule has 2 atom stereocenters. The first-order chi connectivity index (χ1) is 20.2. The van der Waals surface area contributed by atoms with E-state index < -0.39 is 5.97 Å². The van der Waals surface area contributed by atoms with Crippen molar-refractivity contribution in [1.29, 1.82) is 0 Å². The summed E-state index contributed by atoms with van der Waals surface area (Å²) in [5, 5.41) is 14.0. The number of carbonyl (C=O) groups excluding carboxylic acids is 1. The summed E-state index contributed by atoms with van der Waals surface area (Å²) in [6.07, 6.45) is 4.89. The lowest BCUT2D eigenvalue weighted by Gasteiger charge is -2.26. The number of benzene rings is 1. The minimum atomic E-state index is -1.03. The first-order valence-corrected chi connectivity index (χ1v) is 14.6. The zero-order valence-corrected chi connectivity index (χ0v) is 24.0. The van der Waals surface area contributed by atoms with Crippen LogP contribution in [0.2, 0.25) is 0 Å². The number of aromatic nitrogens is 4. The molecule has 10 nitrogen and oxygen atoms in total. The Bertz CT molecular complexity index is 1690. The normalized spacial score (nSPS) is 23.9. The smallest absolute Gasteiger partial charge is 0.354 e. The van der Waals surface area contributed by atoms with E-state index in [1.807, 2.05) is 24.1 Å². The Hall–Kier alpha value is -4.47. The predicted molar refractivity (Wildman–Crippen MR) is 159 cm³/mol. The molecule has 216 valence electrons. The predicted octanol–water partition coefficient (Wildman–Crippen LogP) is 4.04. The molecule has 3 aromatic heterocycles. The zero-order valence-electron chi connectivity index (χ0n) is 24.0. The number of likely N-dealkylation sites (tertiary alicyclic amines) is 1. The van der Waals surface area contributed by atoms with Crippen LogP contribution in [0.1, 0.15) is 58.4 Å². The van der Waals surface area contributed by atoms with Gasteiger partial charge in [0.2, 0.25) is 5.82 Å². The largest absolute Gasteiger partial charge is 0.477 e. The number of nitrogens with zero attached hydrogens (tertiary/aromatic N) is 7. The van der Waals surface area contributed by atoms with Crippen LogP contribution in [0.5, 0.6) is 0 Å². The molecule has 0 radical (unpaired) electrons. The van der Waals surface area contributed by atoms with Gasteiger partial charge in [0.05, 0.1) is 11.9 Å². The van der Waals surface area contributed by atoms with Crippen LogP contribution in [0.15, 0.2) is 60.8 Å². The second kappa shape index (κ2) is 9.82. The Kier molecular flexibility index (Phi) is 6.18. The van der Waals surface area contributed by atoms with Crippen LogP contribution in [0.4, 0.5) is 11.5 Å². The number of pyridine rings is 2. The van der Waals surface area contributed by atoms with Crippen molar-refractivity contribution >= 4 is 29.0 Å². The fraction of sp³-hybridized carbons (Fsp3) is 0.406. The van der Waals surface area contributed by atoms with Gasteiger partial charge < -0.3 is 19.8 Å². The molecule has 1 amide bonds. The second-order valence-corrected chi connectivity index (χ2v) is 12.5. The monoisotopic (exact) mass is 565 g/mol. The summed E-state index contributed by atoms with van der Waals surface area (Å²) in [6, 6.07) is 17.9. The van der Waals surface area contributed by atoms with Gasteiger partial charge in [-0.25, -0.2) is 19.3 Å². The third kappa shape index (κ3) is 4.55. The highest BCUT2D eigenvalue weighted by Gasteiger charge is 2.46. The summed E-state index contributed by atoms with van der Waals surface area (Å²) in [7, 11) is 0. The summed E-state index contributed by atoms with van der Waals surface area (Å²) in [5.41, 5.74) is 4.24. The number of carbonyl (C=O) groups is 2. The molecule has 0 saturated carbocycles. The number of carboxylic acid groups (broad SMARTS) is 1. The fourth-order valence-corrected chi connectivity index (χ4v) is 7.08. The molecule has 1 aromatic carbocycles. The van der Waals surface area contributed by atoms with Gasteiger partial charge in [-0.1, -0.05) is 43.3 Å². The van der Waals surface area contributed by atoms with Crippen molar-refractivity contribution in [2.75, 3.05) is 49.1 Å². The zero-order chi connectivity index (χ0) is 29.1. The van der Waals surface area contributed by atoms with Crippen LogP contribution in [0.25, 0.3) is 5.65 Å². The van der Waals surface area contributed by atoms with Crippen molar-refractivity contribution in [3.05, 3.63) is 83.4 Å². The molecule has 1 N–H and O–H groups in total. The maximum Gasteiger partial charge on any atom is 0.354 e. The summed E-state index contributed by atoms with van der Waals surface area (Å²) in [6.45, 7) is 9.05. The van der Waals surface area contributed by atoms with Gasteiger partial charge in [-0.2, -0.15) is 0 Å². The average molecular weight is 566 g/mol. The molecule has 4 aromatic rings. The van der Waals surface area contributed by atoms with Gasteiger partial charge in [0.25, 0.3) is 5.91 Å². The molecule has 3 aliphatic rings. The number of rotatable bonds is 5. The number of hydrogen-bond acceptors (Lipinski definition) is 7. The molecular formula is C32H35N7O3. The Morgan fingerprint density at radius 2 is 1.67 bits per heavy atom. The summed E-state index contributed by atoms with van der Waals surface area (Å²) in [5.74, 6) is -0.268. The topological polar surface area (TPSA) is 107 Å². The highest BCUT2D eigenvalue weighted by atomic mass is 16.4. The van der Waals surface area contributed by atoms with Gasteiger partial charge >= 0.3 is 5.97 Å². The van der Waals surface area contributed by atoms with E-state index in [1.165, 1.54) is 11.6 Å². The van der Waals surface area contributed by atoms with Gasteiger partial charge in [0, 0.05) is 50.1 Å². The van der Waals surface area contributed by atoms with Gasteiger partial charge in [-0.15, -0.1) is 5.10 Å². The number of anilines is 2. The number of hydrogen-bond donors (Lipinski definition) is 1. The Morgan fingerprint density at radius 1 is 0.881 bits per heavy atom. The van der Waals surface area contributed by atoms with E-state index in [4.69, 9.17) is 0 Å². The average Bonchev–Trinajstić information content (AvgIpc) is 3.80. The molecular weight excluding hydrogens is 530 g/mol. The van der Waals surface area contributed by atoms with Crippen molar-refractivity contribution in [3.8, 4) is 0 Å². The first-order valence-electron chi connectivity index (χ1n) is 14.6. The Morgan fingerprint density at radius 3 is 2.48 bits per heavy atom. The molecule has 3 aliphatic heterocycles. The van der Waals surface area contributed by atoms with E-state index >= 15 is 0 Å². The molecule has 1 spiro atoms. The number of fused-ring (bicyclic) bond motifs is 1. The van der Waals surface area contributed by atoms with Crippen molar-refractivity contribution < 1.29 is 14.7 Å².